The number of aromatic nitrogens is 2. The maximum absolute atomic E-state index is 5.94. The van der Waals surface area contributed by atoms with E-state index >= 15 is 0 Å². The molecule has 0 radical (unpaired) electrons. The molecule has 0 saturated heterocycles. The Morgan fingerprint density at radius 3 is 2.65 bits per heavy atom. The van der Waals surface area contributed by atoms with E-state index in [2.05, 4.69) is 25.9 Å². The quantitative estimate of drug-likeness (QED) is 0.689. The normalized spacial score (nSPS) is 11.2. The van der Waals surface area contributed by atoms with Gasteiger partial charge in [-0.3, -0.25) is 0 Å². The van der Waals surface area contributed by atoms with Gasteiger partial charge in [0, 0.05) is 0 Å². The lowest BCUT2D eigenvalue weighted by molar-refractivity contribution is 0.552. The van der Waals surface area contributed by atoms with Crippen LogP contribution in [0.15, 0.2) is 33.4 Å². The zero-order chi connectivity index (χ0) is 12.0. The predicted octanol–water partition coefficient (Wildman–Crippen LogP) is 4.89. The minimum atomic E-state index is 0.484. The van der Waals surface area contributed by atoms with Gasteiger partial charge in [0.1, 0.15) is 0 Å². The zero-order valence-electron chi connectivity index (χ0n) is 8.30. The zero-order valence-corrected chi connectivity index (χ0v) is 11.4. The lowest BCUT2D eigenvalue weighted by Crippen LogP contribution is -1.74. The average molecular weight is 332 g/mol. The molecule has 1 aromatic carbocycles. The lowest BCUT2D eigenvalue weighted by Gasteiger charge is -1.93. The highest BCUT2D eigenvalue weighted by Gasteiger charge is 2.10. The summed E-state index contributed by atoms with van der Waals surface area (Å²) in [5.41, 5.74) is 1.57. The topological polar surface area (TPSA) is 41.8 Å². The summed E-state index contributed by atoms with van der Waals surface area (Å²) in [5.74, 6) is 1.30. The van der Waals surface area contributed by atoms with Crippen molar-refractivity contribution in [3.63, 3.8) is 0 Å². The number of nitrogens with one attached hydrogen (secondary N) is 1. The molecule has 3 nitrogen and oxygen atoms in total. The monoisotopic (exact) mass is 330 g/mol. The number of imidazole rings is 1. The van der Waals surface area contributed by atoms with E-state index in [4.69, 9.17) is 27.6 Å². The molecule has 86 valence electrons. The van der Waals surface area contributed by atoms with Crippen LogP contribution in [0.1, 0.15) is 0 Å². The molecule has 0 aliphatic heterocycles. The molecule has 2 heterocycles. The summed E-state index contributed by atoms with van der Waals surface area (Å²) in [4.78, 5) is 7.51. The van der Waals surface area contributed by atoms with Crippen molar-refractivity contribution in [2.75, 3.05) is 0 Å². The van der Waals surface area contributed by atoms with E-state index in [1.807, 2.05) is 12.1 Å². The highest BCUT2D eigenvalue weighted by Crippen LogP contribution is 2.29. The van der Waals surface area contributed by atoms with E-state index in [1.54, 1.807) is 12.1 Å². The first-order chi connectivity index (χ1) is 8.13. The van der Waals surface area contributed by atoms with Crippen LogP contribution in [-0.4, -0.2) is 9.97 Å². The lowest BCUT2D eigenvalue weighted by atomic mass is 10.3. The molecule has 1 N–H and O–H groups in total. The number of hydrogen-bond acceptors (Lipinski definition) is 2. The van der Waals surface area contributed by atoms with E-state index in [0.29, 0.717) is 26.3 Å². The molecule has 3 aromatic rings. The molecule has 0 amide bonds. The molecule has 0 fully saturated rings. The second-order valence-corrected chi connectivity index (χ2v) is 5.07. The fourth-order valence-corrected chi connectivity index (χ4v) is 2.19. The first-order valence-electron chi connectivity index (χ1n) is 4.74. The molecule has 0 unspecified atom stereocenters. The van der Waals surface area contributed by atoms with Crippen molar-refractivity contribution in [3.05, 3.63) is 39.0 Å². The van der Waals surface area contributed by atoms with Crippen LogP contribution < -0.4 is 0 Å². The van der Waals surface area contributed by atoms with Gasteiger partial charge in [0.15, 0.2) is 16.3 Å². The summed E-state index contributed by atoms with van der Waals surface area (Å²) in [5, 5.41) is 0.979. The third-order valence-electron chi connectivity index (χ3n) is 2.33. The van der Waals surface area contributed by atoms with Crippen LogP contribution in [0.3, 0.4) is 0 Å². The van der Waals surface area contributed by atoms with Crippen molar-refractivity contribution < 1.29 is 4.42 Å². The predicted molar refractivity (Wildman–Crippen MR) is 71.5 cm³/mol. The Labute approximate surface area is 115 Å². The van der Waals surface area contributed by atoms with E-state index in [1.165, 1.54) is 0 Å². The summed E-state index contributed by atoms with van der Waals surface area (Å²) in [6, 6.07) is 7.10. The largest absolute Gasteiger partial charge is 0.446 e. The molecule has 0 atom stereocenters. The van der Waals surface area contributed by atoms with Gasteiger partial charge >= 0.3 is 0 Å². The highest BCUT2D eigenvalue weighted by atomic mass is 79.9. The summed E-state index contributed by atoms with van der Waals surface area (Å²) in [6.07, 6.45) is 0. The Bertz CT molecular complexity index is 666. The van der Waals surface area contributed by atoms with Crippen LogP contribution in [-0.2, 0) is 0 Å². The molecule has 0 bridgehead atoms. The van der Waals surface area contributed by atoms with Gasteiger partial charge in [0.2, 0.25) is 0 Å². The van der Waals surface area contributed by atoms with Crippen molar-refractivity contribution in [2.24, 2.45) is 0 Å². The molecule has 6 heteroatoms. The second kappa shape index (κ2) is 4.05. The average Bonchev–Trinajstić information content (AvgIpc) is 2.85. The van der Waals surface area contributed by atoms with Gasteiger partial charge in [-0.1, -0.05) is 23.2 Å². The minimum absolute atomic E-state index is 0.484. The Balaban J connectivity index is 2.19. The Kier molecular flexibility index (Phi) is 2.65. The van der Waals surface area contributed by atoms with Crippen molar-refractivity contribution in [3.8, 4) is 11.6 Å². The van der Waals surface area contributed by atoms with Crippen molar-refractivity contribution >= 4 is 50.2 Å². The number of nitrogens with zero attached hydrogens (tertiary/aromatic N) is 1. The second-order valence-electron chi connectivity index (χ2n) is 3.47. The summed E-state index contributed by atoms with van der Waals surface area (Å²) in [7, 11) is 0. The SMILES string of the molecule is Clc1cc2nc(-c3ccc(Br)o3)[nH]c2cc1Cl. The van der Waals surface area contributed by atoms with Crippen LogP contribution in [0.5, 0.6) is 0 Å². The third kappa shape index (κ3) is 1.97. The Hall–Kier alpha value is -0.970. The van der Waals surface area contributed by atoms with E-state index in [0.717, 1.165) is 11.0 Å². The molecule has 0 aliphatic rings. The molecule has 0 spiro atoms. The number of halogens is 3. The van der Waals surface area contributed by atoms with Gasteiger partial charge < -0.3 is 9.40 Å². The van der Waals surface area contributed by atoms with E-state index in [-0.39, 0.29) is 0 Å². The number of furan rings is 1. The maximum atomic E-state index is 5.94. The van der Waals surface area contributed by atoms with Gasteiger partial charge in [-0.2, -0.15) is 0 Å². The van der Waals surface area contributed by atoms with Crippen LogP contribution in [0, 0.1) is 0 Å². The number of fused-ring (bicyclic) bond motifs is 1. The molecule has 2 aromatic heterocycles. The van der Waals surface area contributed by atoms with Crippen molar-refractivity contribution in [1.29, 1.82) is 0 Å². The summed E-state index contributed by atoms with van der Waals surface area (Å²) in [6.45, 7) is 0. The Morgan fingerprint density at radius 2 is 1.94 bits per heavy atom. The number of H-pyrrole nitrogens is 1. The van der Waals surface area contributed by atoms with Gasteiger partial charge in [-0.05, 0) is 40.2 Å². The van der Waals surface area contributed by atoms with Gasteiger partial charge in [0.25, 0.3) is 0 Å². The molecular formula is C11H5BrCl2N2O. The van der Waals surface area contributed by atoms with Gasteiger partial charge in [-0.25, -0.2) is 4.98 Å². The van der Waals surface area contributed by atoms with E-state index in [9.17, 15) is 0 Å². The van der Waals surface area contributed by atoms with Gasteiger partial charge in [0.05, 0.1) is 21.1 Å². The standard InChI is InChI=1S/C11H5BrCl2N2O/c12-10-2-1-9(17-10)11-15-7-3-5(13)6(14)4-8(7)16-11/h1-4H,(H,15,16). The number of hydrogen-bond donors (Lipinski definition) is 1. The van der Waals surface area contributed by atoms with Crippen LogP contribution >= 0.6 is 39.1 Å². The highest BCUT2D eigenvalue weighted by molar-refractivity contribution is 9.10. The molecule has 3 rings (SSSR count). The van der Waals surface area contributed by atoms with Crippen LogP contribution in [0.2, 0.25) is 10.0 Å². The van der Waals surface area contributed by atoms with Crippen LogP contribution in [0.25, 0.3) is 22.6 Å². The number of rotatable bonds is 1. The van der Waals surface area contributed by atoms with Crippen molar-refractivity contribution in [1.82, 2.24) is 9.97 Å². The molecular weight excluding hydrogens is 327 g/mol. The summed E-state index contributed by atoms with van der Waals surface area (Å²) < 4.78 is 6.07. The number of benzene rings is 1. The number of aromatic amines is 1. The smallest absolute Gasteiger partial charge is 0.174 e. The third-order valence-corrected chi connectivity index (χ3v) is 3.48. The van der Waals surface area contributed by atoms with Crippen LogP contribution in [0.4, 0.5) is 0 Å². The summed E-state index contributed by atoms with van der Waals surface area (Å²) >= 11 is 15.1. The first kappa shape index (κ1) is 11.1. The maximum Gasteiger partial charge on any atom is 0.174 e. The Morgan fingerprint density at radius 1 is 1.18 bits per heavy atom. The molecule has 17 heavy (non-hydrogen) atoms. The van der Waals surface area contributed by atoms with Crippen molar-refractivity contribution in [2.45, 2.75) is 0 Å². The minimum Gasteiger partial charge on any atom is -0.446 e. The fourth-order valence-electron chi connectivity index (χ4n) is 1.56. The fraction of sp³-hybridized carbons (Fsp3) is 0. The molecule has 0 aliphatic carbocycles. The van der Waals surface area contributed by atoms with E-state index < -0.39 is 0 Å². The van der Waals surface area contributed by atoms with Gasteiger partial charge in [-0.15, -0.1) is 0 Å². The molecule has 0 saturated carbocycles. The first-order valence-corrected chi connectivity index (χ1v) is 6.29.